The average molecular weight is 391 g/mol. The average Bonchev–Trinajstić information content (AvgIpc) is 3.10. The van der Waals surface area contributed by atoms with Gasteiger partial charge in [-0.1, -0.05) is 6.92 Å². The zero-order chi connectivity index (χ0) is 18.2. The molecule has 0 aliphatic carbocycles. The van der Waals surface area contributed by atoms with Gasteiger partial charge in [-0.3, -0.25) is 4.72 Å². The fourth-order valence-electron chi connectivity index (χ4n) is 3.38. The minimum Gasteiger partial charge on any atom is -0.316 e. The quantitative estimate of drug-likeness (QED) is 0.749. The van der Waals surface area contributed by atoms with E-state index in [0.29, 0.717) is 31.3 Å². The van der Waals surface area contributed by atoms with Crippen molar-refractivity contribution in [1.82, 2.24) is 9.62 Å². The van der Waals surface area contributed by atoms with Crippen LogP contribution < -0.4 is 10.0 Å². The summed E-state index contributed by atoms with van der Waals surface area (Å²) in [5, 5.41) is 3.24. The number of benzene rings is 1. The molecule has 7 nitrogen and oxygen atoms in total. The van der Waals surface area contributed by atoms with E-state index in [2.05, 4.69) is 10.0 Å². The van der Waals surface area contributed by atoms with Crippen LogP contribution >= 0.6 is 0 Å². The van der Waals surface area contributed by atoms with Crippen molar-refractivity contribution in [1.29, 1.82) is 0 Å². The molecule has 0 unspecified atom stereocenters. The summed E-state index contributed by atoms with van der Waals surface area (Å²) >= 11 is 0. The Labute approximate surface area is 147 Å². The van der Waals surface area contributed by atoms with Gasteiger partial charge in [0, 0.05) is 13.1 Å². The Morgan fingerprint density at radius 1 is 1.20 bits per heavy atom. The number of nitrogens with one attached hydrogen (secondary N) is 2. The molecule has 140 valence electrons. The van der Waals surface area contributed by atoms with E-state index in [-0.39, 0.29) is 16.3 Å². The number of fused-ring (bicyclic) bond motifs is 1. The number of sulfonamides is 2. The van der Waals surface area contributed by atoms with Gasteiger partial charge >= 0.3 is 0 Å². The highest BCUT2D eigenvalue weighted by Gasteiger charge is 2.41. The summed E-state index contributed by atoms with van der Waals surface area (Å²) in [6, 6.07) is 3.29. The SMILES string of the molecule is CCCS(=O)(=O)Nc1ccc(S(=O)(=O)N2C[C@H]3CNC[C@H]3C2)cc1F. The van der Waals surface area contributed by atoms with Crippen molar-refractivity contribution >= 4 is 25.7 Å². The molecular formula is C15H22FN3O4S2. The fourth-order valence-corrected chi connectivity index (χ4v) is 6.09. The maximum atomic E-state index is 14.2. The van der Waals surface area contributed by atoms with E-state index in [0.717, 1.165) is 25.2 Å². The van der Waals surface area contributed by atoms with Gasteiger partial charge in [-0.15, -0.1) is 0 Å². The van der Waals surface area contributed by atoms with Crippen LogP contribution in [0, 0.1) is 17.7 Å². The van der Waals surface area contributed by atoms with Gasteiger partial charge in [0.25, 0.3) is 0 Å². The predicted octanol–water partition coefficient (Wildman–Crippen LogP) is 0.817. The molecule has 0 aromatic heterocycles. The first-order valence-corrected chi connectivity index (χ1v) is 11.3. The summed E-state index contributed by atoms with van der Waals surface area (Å²) in [6.45, 7) is 4.14. The lowest BCUT2D eigenvalue weighted by atomic mass is 10.0. The van der Waals surface area contributed by atoms with Gasteiger partial charge in [0.15, 0.2) is 0 Å². The van der Waals surface area contributed by atoms with Crippen molar-refractivity contribution in [2.45, 2.75) is 18.2 Å². The van der Waals surface area contributed by atoms with Gasteiger partial charge in [0.2, 0.25) is 20.0 Å². The van der Waals surface area contributed by atoms with Crippen molar-refractivity contribution in [2.24, 2.45) is 11.8 Å². The van der Waals surface area contributed by atoms with Crippen molar-refractivity contribution in [3.63, 3.8) is 0 Å². The largest absolute Gasteiger partial charge is 0.316 e. The van der Waals surface area contributed by atoms with E-state index >= 15 is 0 Å². The minimum absolute atomic E-state index is 0.128. The van der Waals surface area contributed by atoms with E-state index in [1.807, 2.05) is 0 Å². The monoisotopic (exact) mass is 391 g/mol. The summed E-state index contributed by atoms with van der Waals surface area (Å²) in [4.78, 5) is -0.156. The summed E-state index contributed by atoms with van der Waals surface area (Å²) in [5.41, 5.74) is -0.241. The summed E-state index contributed by atoms with van der Waals surface area (Å²) < 4.78 is 66.7. The van der Waals surface area contributed by atoms with Crippen LogP contribution in [-0.2, 0) is 20.0 Å². The molecule has 2 heterocycles. The van der Waals surface area contributed by atoms with Crippen LogP contribution in [0.2, 0.25) is 0 Å². The fraction of sp³-hybridized carbons (Fsp3) is 0.600. The zero-order valence-electron chi connectivity index (χ0n) is 13.9. The first-order valence-electron chi connectivity index (χ1n) is 8.24. The van der Waals surface area contributed by atoms with Gasteiger partial charge in [0.05, 0.1) is 16.3 Å². The molecular weight excluding hydrogens is 369 g/mol. The first kappa shape index (κ1) is 18.6. The molecule has 0 spiro atoms. The van der Waals surface area contributed by atoms with E-state index in [4.69, 9.17) is 0 Å². The van der Waals surface area contributed by atoms with Gasteiger partial charge in [-0.05, 0) is 49.5 Å². The number of hydrogen-bond donors (Lipinski definition) is 2. The number of hydrogen-bond acceptors (Lipinski definition) is 5. The van der Waals surface area contributed by atoms with Crippen molar-refractivity contribution in [3.8, 4) is 0 Å². The Hall–Kier alpha value is -1.23. The summed E-state index contributed by atoms with van der Waals surface area (Å²) in [6.07, 6.45) is 0.398. The third kappa shape index (κ3) is 3.81. The van der Waals surface area contributed by atoms with Gasteiger partial charge < -0.3 is 5.32 Å². The Morgan fingerprint density at radius 3 is 2.40 bits per heavy atom. The second-order valence-corrected chi connectivity index (χ2v) is 10.3. The summed E-state index contributed by atoms with van der Waals surface area (Å²) in [7, 11) is -7.42. The number of anilines is 1. The molecule has 0 bridgehead atoms. The molecule has 2 N–H and O–H groups in total. The molecule has 2 fully saturated rings. The minimum atomic E-state index is -3.79. The normalized spacial score (nSPS) is 24.4. The number of rotatable bonds is 6. The Balaban J connectivity index is 1.80. The predicted molar refractivity (Wildman–Crippen MR) is 92.7 cm³/mol. The van der Waals surface area contributed by atoms with Gasteiger partial charge in [-0.2, -0.15) is 4.31 Å². The maximum Gasteiger partial charge on any atom is 0.243 e. The highest BCUT2D eigenvalue weighted by molar-refractivity contribution is 7.92. The topological polar surface area (TPSA) is 95.6 Å². The third-order valence-corrected chi connectivity index (χ3v) is 7.98. The number of nitrogens with zero attached hydrogens (tertiary/aromatic N) is 1. The summed E-state index contributed by atoms with van der Waals surface area (Å²) in [5.74, 6) is -0.446. The van der Waals surface area contributed by atoms with Crippen LogP contribution in [0.1, 0.15) is 13.3 Å². The van der Waals surface area contributed by atoms with Gasteiger partial charge in [0.1, 0.15) is 5.82 Å². The molecule has 2 aliphatic heterocycles. The second-order valence-electron chi connectivity index (χ2n) is 6.56. The van der Waals surface area contributed by atoms with Crippen molar-refractivity contribution in [3.05, 3.63) is 24.0 Å². The maximum absolute atomic E-state index is 14.2. The molecule has 3 rings (SSSR count). The molecule has 25 heavy (non-hydrogen) atoms. The lowest BCUT2D eigenvalue weighted by molar-refractivity contribution is 0.447. The van der Waals surface area contributed by atoms with Crippen LogP contribution in [0.3, 0.4) is 0 Å². The van der Waals surface area contributed by atoms with E-state index in [1.165, 1.54) is 10.4 Å². The van der Waals surface area contributed by atoms with Crippen LogP contribution in [0.5, 0.6) is 0 Å². The van der Waals surface area contributed by atoms with Crippen molar-refractivity contribution < 1.29 is 21.2 Å². The molecule has 0 amide bonds. The van der Waals surface area contributed by atoms with Gasteiger partial charge in [-0.25, -0.2) is 21.2 Å². The molecule has 2 saturated heterocycles. The molecule has 2 atom stereocenters. The van der Waals surface area contributed by atoms with Crippen molar-refractivity contribution in [2.75, 3.05) is 36.7 Å². The first-order chi connectivity index (χ1) is 11.7. The van der Waals surface area contributed by atoms with E-state index < -0.39 is 25.9 Å². The van der Waals surface area contributed by atoms with E-state index in [1.54, 1.807) is 6.92 Å². The highest BCUT2D eigenvalue weighted by Crippen LogP contribution is 2.31. The Kier molecular flexibility index (Phi) is 5.06. The molecule has 10 heteroatoms. The molecule has 2 aliphatic rings. The molecule has 1 aromatic carbocycles. The van der Waals surface area contributed by atoms with E-state index in [9.17, 15) is 21.2 Å². The smallest absolute Gasteiger partial charge is 0.243 e. The second kappa shape index (κ2) is 6.82. The van der Waals surface area contributed by atoms with Crippen LogP contribution in [-0.4, -0.2) is 53.1 Å². The lowest BCUT2D eigenvalue weighted by Crippen LogP contribution is -2.32. The third-order valence-electron chi connectivity index (χ3n) is 4.67. The highest BCUT2D eigenvalue weighted by atomic mass is 32.2. The van der Waals surface area contributed by atoms with Crippen LogP contribution in [0.4, 0.5) is 10.1 Å². The standard InChI is InChI=1S/C15H22FN3O4S2/c1-2-5-24(20,21)18-15-4-3-13(6-14(15)16)25(22,23)19-9-11-7-17-8-12(11)10-19/h3-4,6,11-12,17-18H,2,5,7-10H2,1H3/t11-,12+. The lowest BCUT2D eigenvalue weighted by Gasteiger charge is -2.18. The Bertz CT molecular complexity index is 846. The zero-order valence-corrected chi connectivity index (χ0v) is 15.5. The van der Waals surface area contributed by atoms with Crippen LogP contribution in [0.25, 0.3) is 0 Å². The molecule has 0 radical (unpaired) electrons. The number of halogens is 1. The van der Waals surface area contributed by atoms with Crippen LogP contribution in [0.15, 0.2) is 23.1 Å². The molecule has 1 aromatic rings. The Morgan fingerprint density at radius 2 is 1.84 bits per heavy atom. The molecule has 0 saturated carbocycles.